The first-order valence-electron chi connectivity index (χ1n) is 10.3. The molecule has 3 aromatic rings. The van der Waals surface area contributed by atoms with E-state index in [4.69, 9.17) is 14.5 Å². The molecular weight excluding hydrogens is 519 g/mol. The van der Waals surface area contributed by atoms with Crippen LogP contribution in [0.1, 0.15) is 37.1 Å². The monoisotopic (exact) mass is 550 g/mol. The Kier molecular flexibility index (Phi) is 9.76. The smallest absolute Gasteiger partial charge is 0.196 e. The summed E-state index contributed by atoms with van der Waals surface area (Å²) in [6.07, 6.45) is 0. The third kappa shape index (κ3) is 6.59. The van der Waals surface area contributed by atoms with Gasteiger partial charge in [0, 0.05) is 18.8 Å². The molecule has 0 radical (unpaired) electrons. The fourth-order valence-electron chi connectivity index (χ4n) is 3.05. The summed E-state index contributed by atoms with van der Waals surface area (Å²) < 4.78 is 13.0. The molecule has 9 heteroatoms. The lowest BCUT2D eigenvalue weighted by Crippen LogP contribution is -2.33. The molecule has 2 aromatic carbocycles. The van der Waals surface area contributed by atoms with Gasteiger partial charge in [-0.3, -0.25) is 0 Å². The minimum Gasteiger partial charge on any atom is -0.493 e. The van der Waals surface area contributed by atoms with Gasteiger partial charge in [0.2, 0.25) is 0 Å². The van der Waals surface area contributed by atoms with Crippen molar-refractivity contribution in [3.8, 4) is 11.5 Å². The van der Waals surface area contributed by atoms with Crippen molar-refractivity contribution in [2.75, 3.05) is 19.0 Å². The summed E-state index contributed by atoms with van der Waals surface area (Å²) in [4.78, 5) is 4.74. The minimum absolute atomic E-state index is 0. The quantitative estimate of drug-likeness (QED) is 0.245. The van der Waals surface area contributed by atoms with Gasteiger partial charge in [0.1, 0.15) is 12.4 Å². The normalized spacial score (nSPS) is 12.0. The third-order valence-corrected chi connectivity index (χ3v) is 4.94. The van der Waals surface area contributed by atoms with E-state index in [1.807, 2.05) is 61.9 Å². The Bertz CT molecular complexity index is 1020. The van der Waals surface area contributed by atoms with Gasteiger partial charge in [-0.05, 0) is 38.5 Å². The summed E-state index contributed by atoms with van der Waals surface area (Å²) in [5.74, 6) is 3.63. The first-order chi connectivity index (χ1) is 15.0. The Hall–Kier alpha value is -2.82. The molecule has 0 aliphatic rings. The van der Waals surface area contributed by atoms with Gasteiger partial charge in [0.25, 0.3) is 0 Å². The highest BCUT2D eigenvalue weighted by atomic mass is 127. The van der Waals surface area contributed by atoms with E-state index in [0.29, 0.717) is 30.6 Å². The zero-order valence-corrected chi connectivity index (χ0v) is 21.5. The molecule has 32 heavy (non-hydrogen) atoms. The SMILES string of the molecule is CCOc1ccc(NC(=NCc2nnc(C)n2C)NC(C)c2ccccc2)cc1OC.I. The number of halogens is 1. The molecule has 172 valence electrons. The minimum atomic E-state index is 0. The fourth-order valence-corrected chi connectivity index (χ4v) is 3.05. The molecule has 0 aliphatic carbocycles. The Morgan fingerprint density at radius 1 is 1.12 bits per heavy atom. The molecule has 0 aliphatic heterocycles. The molecule has 8 nitrogen and oxygen atoms in total. The molecule has 0 saturated heterocycles. The van der Waals surface area contributed by atoms with Crippen molar-refractivity contribution >= 4 is 35.6 Å². The van der Waals surface area contributed by atoms with Gasteiger partial charge in [0.15, 0.2) is 23.3 Å². The highest BCUT2D eigenvalue weighted by Gasteiger charge is 2.12. The Morgan fingerprint density at radius 2 is 1.88 bits per heavy atom. The summed E-state index contributed by atoms with van der Waals surface area (Å²) in [5, 5.41) is 15.1. The number of nitrogens with zero attached hydrogens (tertiary/aromatic N) is 4. The first-order valence-corrected chi connectivity index (χ1v) is 10.3. The number of ether oxygens (including phenoxy) is 2. The lowest BCUT2D eigenvalue weighted by molar-refractivity contribution is 0.311. The Morgan fingerprint density at radius 3 is 2.50 bits per heavy atom. The van der Waals surface area contributed by atoms with Crippen LogP contribution in [0.25, 0.3) is 0 Å². The average Bonchev–Trinajstić information content (AvgIpc) is 3.11. The van der Waals surface area contributed by atoms with E-state index in [-0.39, 0.29) is 30.0 Å². The molecule has 0 amide bonds. The maximum atomic E-state index is 5.61. The van der Waals surface area contributed by atoms with E-state index in [1.54, 1.807) is 7.11 Å². The largest absolute Gasteiger partial charge is 0.493 e. The van der Waals surface area contributed by atoms with Crippen LogP contribution in [0.15, 0.2) is 53.5 Å². The molecule has 2 N–H and O–H groups in total. The molecule has 0 bridgehead atoms. The molecule has 0 spiro atoms. The van der Waals surface area contributed by atoms with Crippen molar-refractivity contribution in [3.05, 3.63) is 65.7 Å². The van der Waals surface area contributed by atoms with Gasteiger partial charge in [-0.2, -0.15) is 0 Å². The maximum absolute atomic E-state index is 5.61. The van der Waals surface area contributed by atoms with Crippen LogP contribution in [0.3, 0.4) is 0 Å². The molecule has 1 heterocycles. The first kappa shape index (κ1) is 25.4. The molecule has 1 atom stereocenters. The van der Waals surface area contributed by atoms with Crippen LogP contribution in [-0.2, 0) is 13.6 Å². The molecule has 1 unspecified atom stereocenters. The van der Waals surface area contributed by atoms with Gasteiger partial charge >= 0.3 is 0 Å². The summed E-state index contributed by atoms with van der Waals surface area (Å²) in [6, 6.07) is 16.0. The van der Waals surface area contributed by atoms with Crippen molar-refractivity contribution in [2.24, 2.45) is 12.0 Å². The predicted octanol–water partition coefficient (Wildman–Crippen LogP) is 4.47. The van der Waals surface area contributed by atoms with Crippen LogP contribution in [-0.4, -0.2) is 34.4 Å². The number of methoxy groups -OCH3 is 1. The number of benzene rings is 2. The topological polar surface area (TPSA) is 85.6 Å². The van der Waals surface area contributed by atoms with Gasteiger partial charge in [0.05, 0.1) is 19.8 Å². The second kappa shape index (κ2) is 12.3. The van der Waals surface area contributed by atoms with Gasteiger partial charge in [-0.25, -0.2) is 4.99 Å². The van der Waals surface area contributed by atoms with E-state index in [0.717, 1.165) is 22.9 Å². The molecule has 0 saturated carbocycles. The Labute approximate surface area is 206 Å². The molecule has 3 rings (SSSR count). The van der Waals surface area contributed by atoms with E-state index >= 15 is 0 Å². The van der Waals surface area contributed by atoms with Crippen molar-refractivity contribution < 1.29 is 9.47 Å². The van der Waals surface area contributed by atoms with Crippen molar-refractivity contribution in [1.29, 1.82) is 0 Å². The predicted molar refractivity (Wildman–Crippen MR) is 138 cm³/mol. The Balaban J connectivity index is 0.00000363. The number of aromatic nitrogens is 3. The summed E-state index contributed by atoms with van der Waals surface area (Å²) >= 11 is 0. The number of rotatable bonds is 8. The molecular formula is C23H31IN6O2. The van der Waals surface area contributed by atoms with E-state index < -0.39 is 0 Å². The lowest BCUT2D eigenvalue weighted by atomic mass is 10.1. The van der Waals surface area contributed by atoms with Crippen LogP contribution in [0.5, 0.6) is 11.5 Å². The highest BCUT2D eigenvalue weighted by Crippen LogP contribution is 2.30. The number of hydrogen-bond donors (Lipinski definition) is 2. The van der Waals surface area contributed by atoms with E-state index in [1.165, 1.54) is 0 Å². The van der Waals surface area contributed by atoms with Crippen molar-refractivity contribution in [3.63, 3.8) is 0 Å². The van der Waals surface area contributed by atoms with Crippen LogP contribution < -0.4 is 20.1 Å². The second-order valence-corrected chi connectivity index (χ2v) is 7.09. The van der Waals surface area contributed by atoms with Crippen molar-refractivity contribution in [1.82, 2.24) is 20.1 Å². The third-order valence-electron chi connectivity index (χ3n) is 4.94. The highest BCUT2D eigenvalue weighted by molar-refractivity contribution is 14.0. The average molecular weight is 550 g/mol. The zero-order chi connectivity index (χ0) is 22.2. The van der Waals surface area contributed by atoms with Crippen LogP contribution in [0, 0.1) is 6.92 Å². The second-order valence-electron chi connectivity index (χ2n) is 7.09. The lowest BCUT2D eigenvalue weighted by Gasteiger charge is -2.19. The molecule has 1 aromatic heterocycles. The number of guanidine groups is 1. The summed E-state index contributed by atoms with van der Waals surface area (Å²) in [7, 11) is 3.56. The van der Waals surface area contributed by atoms with Crippen LogP contribution >= 0.6 is 24.0 Å². The fraction of sp³-hybridized carbons (Fsp3) is 0.348. The number of nitrogens with one attached hydrogen (secondary N) is 2. The van der Waals surface area contributed by atoms with Gasteiger partial charge < -0.3 is 24.7 Å². The van der Waals surface area contributed by atoms with Gasteiger partial charge in [-0.15, -0.1) is 34.2 Å². The summed E-state index contributed by atoms with van der Waals surface area (Å²) in [5.41, 5.74) is 2.00. The van der Waals surface area contributed by atoms with Gasteiger partial charge in [-0.1, -0.05) is 30.3 Å². The standard InChI is InChI=1S/C23H30N6O2.HI/c1-6-31-20-13-12-19(14-21(20)30-5)26-23(24-15-22-28-27-17(3)29(22)4)25-16(2)18-10-8-7-9-11-18;/h7-14,16H,6,15H2,1-5H3,(H2,24,25,26);1H. The molecule has 0 fully saturated rings. The van der Waals surface area contributed by atoms with E-state index in [9.17, 15) is 0 Å². The van der Waals surface area contributed by atoms with E-state index in [2.05, 4.69) is 39.9 Å². The summed E-state index contributed by atoms with van der Waals surface area (Å²) in [6.45, 7) is 6.92. The zero-order valence-electron chi connectivity index (χ0n) is 19.1. The van der Waals surface area contributed by atoms with Crippen molar-refractivity contribution in [2.45, 2.75) is 33.4 Å². The maximum Gasteiger partial charge on any atom is 0.196 e. The number of aliphatic imine (C=N–C) groups is 1. The van der Waals surface area contributed by atoms with Crippen LogP contribution in [0.2, 0.25) is 0 Å². The number of aryl methyl sites for hydroxylation is 1. The number of hydrogen-bond acceptors (Lipinski definition) is 5. The van der Waals surface area contributed by atoms with Crippen LogP contribution in [0.4, 0.5) is 5.69 Å². The number of anilines is 1.